The van der Waals surface area contributed by atoms with Gasteiger partial charge >= 0.3 is 0 Å². The fraction of sp³-hybridized carbons (Fsp3) is 0.321. The number of nitrogens with zero attached hydrogens (tertiary/aromatic N) is 2. The molecule has 40 heavy (non-hydrogen) atoms. The van der Waals surface area contributed by atoms with Crippen molar-refractivity contribution in [2.75, 3.05) is 25.5 Å². The number of amides is 2. The van der Waals surface area contributed by atoms with Crippen molar-refractivity contribution in [2.24, 2.45) is 0 Å². The van der Waals surface area contributed by atoms with Crippen LogP contribution in [0.2, 0.25) is 0 Å². The molecule has 0 bridgehead atoms. The maximum atomic E-state index is 13.7. The van der Waals surface area contributed by atoms with Crippen LogP contribution in [0.1, 0.15) is 47.2 Å². The molecule has 12 heteroatoms. The number of anilines is 2. The number of hydrogen-bond donors (Lipinski definition) is 3. The van der Waals surface area contributed by atoms with E-state index in [-0.39, 0.29) is 28.9 Å². The molecule has 2 aromatic carbocycles. The van der Waals surface area contributed by atoms with Gasteiger partial charge in [-0.25, -0.2) is 22.2 Å². The number of carbonyl (C=O) groups is 2. The second-order valence-corrected chi connectivity index (χ2v) is 11.4. The third-order valence-electron chi connectivity index (χ3n) is 6.94. The lowest BCUT2D eigenvalue weighted by atomic mass is 9.89. The summed E-state index contributed by atoms with van der Waals surface area (Å²) in [5, 5.41) is 5.05. The molecule has 1 unspecified atom stereocenters. The highest BCUT2D eigenvalue weighted by molar-refractivity contribution is 7.89. The summed E-state index contributed by atoms with van der Waals surface area (Å²) in [7, 11) is -2.84. The Balaban J connectivity index is 1.62. The van der Waals surface area contributed by atoms with Crippen LogP contribution in [-0.2, 0) is 14.8 Å². The Labute approximate surface area is 232 Å². The van der Waals surface area contributed by atoms with Gasteiger partial charge in [0.1, 0.15) is 11.6 Å². The monoisotopic (exact) mass is 571 g/mol. The van der Waals surface area contributed by atoms with E-state index in [0.29, 0.717) is 37.2 Å². The third kappa shape index (κ3) is 6.62. The zero-order valence-electron chi connectivity index (χ0n) is 22.4. The van der Waals surface area contributed by atoms with E-state index < -0.39 is 32.8 Å². The van der Waals surface area contributed by atoms with Crippen LogP contribution in [0.4, 0.5) is 20.2 Å². The van der Waals surface area contributed by atoms with Gasteiger partial charge in [0.25, 0.3) is 15.9 Å². The smallest absolute Gasteiger partial charge is 0.258 e. The van der Waals surface area contributed by atoms with Crippen molar-refractivity contribution in [1.82, 2.24) is 19.9 Å². The summed E-state index contributed by atoms with van der Waals surface area (Å²) in [6, 6.07) is 10.6. The Morgan fingerprint density at radius 3 is 2.27 bits per heavy atom. The molecule has 3 N–H and O–H groups in total. The Morgan fingerprint density at radius 2 is 1.65 bits per heavy atom. The summed E-state index contributed by atoms with van der Waals surface area (Å²) < 4.78 is 55.3. The molecule has 1 saturated heterocycles. The molecule has 4 rings (SSSR count). The largest absolute Gasteiger partial charge is 0.358 e. The summed E-state index contributed by atoms with van der Waals surface area (Å²) in [6.07, 6.45) is 2.55. The lowest BCUT2D eigenvalue weighted by Gasteiger charge is -2.32. The van der Waals surface area contributed by atoms with Crippen LogP contribution in [0.15, 0.2) is 59.8 Å². The van der Waals surface area contributed by atoms with Crippen molar-refractivity contribution in [1.29, 1.82) is 0 Å². The number of pyridine rings is 1. The predicted molar refractivity (Wildman–Crippen MR) is 147 cm³/mol. The number of carbonyl (C=O) groups excluding carboxylic acids is 2. The van der Waals surface area contributed by atoms with Crippen LogP contribution >= 0.6 is 0 Å². The number of likely N-dealkylation sites (N-methyl/N-ethyl adjacent to an activating group) is 1. The molecular weight excluding hydrogens is 540 g/mol. The average molecular weight is 572 g/mol. The lowest BCUT2D eigenvalue weighted by molar-refractivity contribution is -0.121. The molecule has 212 valence electrons. The first-order valence-electron chi connectivity index (χ1n) is 12.8. The van der Waals surface area contributed by atoms with Gasteiger partial charge in [0, 0.05) is 38.1 Å². The van der Waals surface area contributed by atoms with E-state index in [0.717, 1.165) is 5.56 Å². The first kappa shape index (κ1) is 29.1. The van der Waals surface area contributed by atoms with E-state index in [9.17, 15) is 26.8 Å². The zero-order chi connectivity index (χ0) is 29.0. The lowest BCUT2D eigenvalue weighted by Crippen LogP contribution is -2.43. The summed E-state index contributed by atoms with van der Waals surface area (Å²) >= 11 is 0. The zero-order valence-corrected chi connectivity index (χ0v) is 23.2. The highest BCUT2D eigenvalue weighted by Crippen LogP contribution is 2.31. The van der Waals surface area contributed by atoms with E-state index in [2.05, 4.69) is 20.3 Å². The summed E-state index contributed by atoms with van der Waals surface area (Å²) in [4.78, 5) is 31.2. The molecule has 1 aliphatic heterocycles. The number of halogens is 2. The molecule has 0 aliphatic carbocycles. The maximum absolute atomic E-state index is 13.7. The number of piperidine rings is 1. The summed E-state index contributed by atoms with van der Waals surface area (Å²) in [6.45, 7) is 3.96. The second-order valence-electron chi connectivity index (χ2n) is 9.73. The topological polar surface area (TPSA) is 120 Å². The van der Waals surface area contributed by atoms with Crippen LogP contribution in [0, 0.1) is 18.6 Å². The number of benzene rings is 2. The number of aromatic nitrogens is 1. The van der Waals surface area contributed by atoms with Crippen LogP contribution < -0.4 is 15.4 Å². The maximum Gasteiger partial charge on any atom is 0.258 e. The van der Waals surface area contributed by atoms with Gasteiger partial charge in [-0.05, 0) is 74.1 Å². The molecule has 0 radical (unpaired) electrons. The van der Waals surface area contributed by atoms with Crippen LogP contribution in [0.5, 0.6) is 0 Å². The molecule has 1 aliphatic rings. The molecule has 1 atom stereocenters. The van der Waals surface area contributed by atoms with E-state index in [1.807, 2.05) is 0 Å². The number of hydrogen-bond acceptors (Lipinski definition) is 6. The van der Waals surface area contributed by atoms with Crippen molar-refractivity contribution >= 4 is 33.2 Å². The van der Waals surface area contributed by atoms with Gasteiger partial charge in [-0.15, -0.1) is 0 Å². The van der Waals surface area contributed by atoms with Crippen LogP contribution in [0.25, 0.3) is 0 Å². The van der Waals surface area contributed by atoms with Gasteiger partial charge in [0.15, 0.2) is 5.03 Å². The van der Waals surface area contributed by atoms with Gasteiger partial charge in [0.05, 0.1) is 17.3 Å². The molecule has 9 nitrogen and oxygen atoms in total. The fourth-order valence-electron chi connectivity index (χ4n) is 4.65. The van der Waals surface area contributed by atoms with Crippen molar-refractivity contribution < 1.29 is 26.8 Å². The minimum absolute atomic E-state index is 0.141. The number of nitrogens with one attached hydrogen (secondary N) is 3. The van der Waals surface area contributed by atoms with Crippen LogP contribution in [0.3, 0.4) is 0 Å². The minimum Gasteiger partial charge on any atom is -0.358 e. The Kier molecular flexibility index (Phi) is 8.79. The number of sulfonamides is 1. The number of aryl methyl sites for hydroxylation is 1. The van der Waals surface area contributed by atoms with Gasteiger partial charge in [-0.1, -0.05) is 12.1 Å². The SMILES string of the molecule is CNC(=O)C(C)NS(=O)(=O)c1cc(Nc2ccc(F)cc2C)c(C(=O)N2CCC(c3ccc(F)cc3)CC2)cn1. The molecule has 2 amide bonds. The number of likely N-dealkylation sites (tertiary alicyclic amines) is 1. The summed E-state index contributed by atoms with van der Waals surface area (Å²) in [5.74, 6) is -1.43. The Hall–Kier alpha value is -3.90. The predicted octanol–water partition coefficient (Wildman–Crippen LogP) is 3.84. The molecule has 0 saturated carbocycles. The second kappa shape index (κ2) is 12.1. The molecule has 1 fully saturated rings. The highest BCUT2D eigenvalue weighted by Gasteiger charge is 2.29. The standard InChI is InChI=1S/C28H31F2N5O4S/c1-17-14-22(30)8-9-24(17)33-25-15-26(40(38,39)34-18(2)27(36)31-3)32-16-23(25)28(37)35-12-10-20(11-13-35)19-4-6-21(29)7-5-19/h4-9,14-16,18,20,34H,10-13H2,1-3H3,(H,31,36)(H,32,33). The Bertz CT molecular complexity index is 1510. The Morgan fingerprint density at radius 1 is 1.00 bits per heavy atom. The third-order valence-corrected chi connectivity index (χ3v) is 8.38. The quantitative estimate of drug-likeness (QED) is 0.378. The first-order valence-corrected chi connectivity index (χ1v) is 14.3. The van der Waals surface area contributed by atoms with Gasteiger partial charge < -0.3 is 15.5 Å². The van der Waals surface area contributed by atoms with Crippen molar-refractivity contribution in [3.8, 4) is 0 Å². The van der Waals surface area contributed by atoms with E-state index >= 15 is 0 Å². The average Bonchev–Trinajstić information content (AvgIpc) is 2.94. The van der Waals surface area contributed by atoms with E-state index in [1.54, 1.807) is 24.0 Å². The van der Waals surface area contributed by atoms with Crippen molar-refractivity contribution in [3.63, 3.8) is 0 Å². The number of rotatable bonds is 8. The summed E-state index contributed by atoms with van der Waals surface area (Å²) in [5.41, 5.74) is 2.35. The molecular formula is C28H31F2N5O4S. The normalized spacial score (nSPS) is 15.0. The van der Waals surface area contributed by atoms with Crippen molar-refractivity contribution in [2.45, 2.75) is 43.7 Å². The van der Waals surface area contributed by atoms with Gasteiger partial charge in [0.2, 0.25) is 5.91 Å². The van der Waals surface area contributed by atoms with Gasteiger partial charge in [-0.3, -0.25) is 9.59 Å². The van der Waals surface area contributed by atoms with Crippen molar-refractivity contribution in [3.05, 3.63) is 83.1 Å². The van der Waals surface area contributed by atoms with Crippen LogP contribution in [-0.4, -0.2) is 56.3 Å². The van der Waals surface area contributed by atoms with E-state index in [1.165, 1.54) is 56.6 Å². The molecule has 3 aromatic rings. The van der Waals surface area contributed by atoms with Gasteiger partial charge in [-0.2, -0.15) is 4.72 Å². The molecule has 0 spiro atoms. The molecule has 2 heterocycles. The first-order chi connectivity index (χ1) is 19.0. The minimum atomic E-state index is -4.23. The van der Waals surface area contributed by atoms with E-state index in [4.69, 9.17) is 0 Å². The highest BCUT2D eigenvalue weighted by atomic mass is 32.2. The fourth-order valence-corrected chi connectivity index (χ4v) is 5.81. The molecule has 1 aromatic heterocycles.